The highest BCUT2D eigenvalue weighted by Gasteiger charge is 2.33. The van der Waals surface area contributed by atoms with Crippen molar-refractivity contribution in [2.24, 2.45) is 0 Å². The van der Waals surface area contributed by atoms with Gasteiger partial charge in [0, 0.05) is 56.0 Å². The molecule has 1 aliphatic carbocycles. The lowest BCUT2D eigenvalue weighted by atomic mass is 9.76. The van der Waals surface area contributed by atoms with E-state index in [1.165, 1.54) is 0 Å². The van der Waals surface area contributed by atoms with Crippen LogP contribution in [0.3, 0.4) is 0 Å². The predicted octanol–water partition coefficient (Wildman–Crippen LogP) is 4.54. The highest BCUT2D eigenvalue weighted by molar-refractivity contribution is 5.84. The maximum absolute atomic E-state index is 12.0. The van der Waals surface area contributed by atoms with Crippen LogP contribution in [0.25, 0.3) is 11.0 Å². The van der Waals surface area contributed by atoms with E-state index in [-0.39, 0.29) is 5.91 Å². The number of nitrogens with zero attached hydrogens (tertiary/aromatic N) is 2. The number of para-hydroxylation sites is 1. The minimum Gasteiger partial charge on any atom is -0.493 e. The van der Waals surface area contributed by atoms with Crippen molar-refractivity contribution < 1.29 is 18.7 Å². The Bertz CT molecular complexity index is 1160. The molecule has 1 aromatic heterocycles. The Morgan fingerprint density at radius 2 is 1.88 bits per heavy atom. The number of fused-ring (bicyclic) bond motifs is 1. The Morgan fingerprint density at radius 3 is 2.56 bits per heavy atom. The van der Waals surface area contributed by atoms with Crippen LogP contribution in [-0.4, -0.2) is 61.3 Å². The predicted molar refractivity (Wildman–Crippen MR) is 134 cm³/mol. The fraction of sp³-hybridized carbons (Fsp3) is 0.429. The zero-order valence-corrected chi connectivity index (χ0v) is 20.6. The molecule has 4 rings (SSSR count). The van der Waals surface area contributed by atoms with Crippen LogP contribution in [0.5, 0.6) is 0 Å². The molecule has 2 heterocycles. The Hall–Kier alpha value is -3.12. The van der Waals surface area contributed by atoms with Crippen molar-refractivity contribution in [3.63, 3.8) is 0 Å². The van der Waals surface area contributed by atoms with E-state index in [1.807, 2.05) is 35.3 Å². The number of benzene rings is 1. The summed E-state index contributed by atoms with van der Waals surface area (Å²) in [6.07, 6.45) is 7.32. The van der Waals surface area contributed by atoms with Gasteiger partial charge in [0.05, 0.1) is 0 Å². The fourth-order valence-electron chi connectivity index (χ4n) is 4.98. The molecule has 0 saturated carbocycles. The summed E-state index contributed by atoms with van der Waals surface area (Å²) >= 11 is 0. The number of hydrogen-bond acceptors (Lipinski definition) is 5. The third-order valence-electron chi connectivity index (χ3n) is 7.07. The molecule has 1 aliphatic heterocycles. The maximum Gasteiger partial charge on any atom is 0.219 e. The number of piperazine rings is 1. The van der Waals surface area contributed by atoms with Crippen molar-refractivity contribution in [3.05, 3.63) is 70.7 Å². The standard InChI is InChI=1S/C28H34N2O4/c1-20-24-7-5-6-8-26(24)34-27(20)28(3,4)25-12-11-23(10-9-22(25)19-31)33-18-17-29-13-15-30(16-14-29)21(2)32/h5-11,19H,12-18H2,1-4H3. The van der Waals surface area contributed by atoms with E-state index < -0.39 is 5.41 Å². The van der Waals surface area contributed by atoms with E-state index in [4.69, 9.17) is 9.15 Å². The van der Waals surface area contributed by atoms with Crippen molar-refractivity contribution in [1.29, 1.82) is 0 Å². The van der Waals surface area contributed by atoms with E-state index in [0.29, 0.717) is 18.6 Å². The largest absolute Gasteiger partial charge is 0.493 e. The maximum atomic E-state index is 12.0. The Kier molecular flexibility index (Phi) is 7.08. The lowest BCUT2D eigenvalue weighted by molar-refractivity contribution is -0.130. The van der Waals surface area contributed by atoms with Gasteiger partial charge in [-0.2, -0.15) is 0 Å². The number of aryl methyl sites for hydroxylation is 1. The van der Waals surface area contributed by atoms with Gasteiger partial charge in [-0.15, -0.1) is 0 Å². The summed E-state index contributed by atoms with van der Waals surface area (Å²) in [5, 5.41) is 1.10. The van der Waals surface area contributed by atoms with Gasteiger partial charge in [0.15, 0.2) is 0 Å². The summed E-state index contributed by atoms with van der Waals surface area (Å²) in [5.74, 6) is 1.80. The van der Waals surface area contributed by atoms with E-state index in [0.717, 1.165) is 72.6 Å². The van der Waals surface area contributed by atoms with Crippen LogP contribution in [0.2, 0.25) is 0 Å². The second-order valence-corrected chi connectivity index (χ2v) is 9.57. The monoisotopic (exact) mass is 462 g/mol. The van der Waals surface area contributed by atoms with Gasteiger partial charge in [-0.05, 0) is 62.6 Å². The first-order chi connectivity index (χ1) is 16.3. The molecular weight excluding hydrogens is 428 g/mol. The smallest absolute Gasteiger partial charge is 0.219 e. The molecule has 1 saturated heterocycles. The summed E-state index contributed by atoms with van der Waals surface area (Å²) in [4.78, 5) is 27.7. The molecule has 0 atom stereocenters. The number of amides is 1. The number of furan rings is 1. The molecule has 0 radical (unpaired) electrons. The van der Waals surface area contributed by atoms with Crippen molar-refractivity contribution in [2.45, 2.75) is 39.5 Å². The van der Waals surface area contributed by atoms with Gasteiger partial charge in [0.1, 0.15) is 30.0 Å². The molecule has 2 aliphatic rings. The average Bonchev–Trinajstić information content (AvgIpc) is 3.03. The topological polar surface area (TPSA) is 63.0 Å². The average molecular weight is 463 g/mol. The highest BCUT2D eigenvalue weighted by atomic mass is 16.5. The van der Waals surface area contributed by atoms with Crippen LogP contribution >= 0.6 is 0 Å². The Morgan fingerprint density at radius 1 is 1.15 bits per heavy atom. The minimum absolute atomic E-state index is 0.139. The van der Waals surface area contributed by atoms with Crippen LogP contribution < -0.4 is 0 Å². The van der Waals surface area contributed by atoms with Crippen LogP contribution in [-0.2, 0) is 19.7 Å². The first-order valence-corrected chi connectivity index (χ1v) is 12.0. The third kappa shape index (κ3) is 4.87. The molecule has 0 unspecified atom stereocenters. The van der Waals surface area contributed by atoms with Gasteiger partial charge in [0.2, 0.25) is 5.91 Å². The summed E-state index contributed by atoms with van der Waals surface area (Å²) < 4.78 is 12.3. The number of hydrogen-bond donors (Lipinski definition) is 0. The first-order valence-electron chi connectivity index (χ1n) is 12.0. The number of allylic oxidation sites excluding steroid dienone is 5. The molecule has 1 amide bonds. The molecule has 6 nitrogen and oxygen atoms in total. The normalized spacial score (nSPS) is 17.6. The lowest BCUT2D eigenvalue weighted by Crippen LogP contribution is -2.48. The summed E-state index contributed by atoms with van der Waals surface area (Å²) in [6.45, 7) is 12.6. The molecular formula is C28H34N2O4. The summed E-state index contributed by atoms with van der Waals surface area (Å²) in [7, 11) is 0. The van der Waals surface area contributed by atoms with Crippen LogP contribution in [0.4, 0.5) is 0 Å². The number of carbonyl (C=O) groups is 2. The number of aldehydes is 1. The molecule has 0 bridgehead atoms. The quantitative estimate of drug-likeness (QED) is 0.566. The molecule has 6 heteroatoms. The van der Waals surface area contributed by atoms with Crippen molar-refractivity contribution in [1.82, 2.24) is 9.80 Å². The van der Waals surface area contributed by atoms with Gasteiger partial charge >= 0.3 is 0 Å². The third-order valence-corrected chi connectivity index (χ3v) is 7.07. The van der Waals surface area contributed by atoms with Gasteiger partial charge in [0.25, 0.3) is 0 Å². The molecule has 2 aromatic rings. The fourth-order valence-corrected chi connectivity index (χ4v) is 4.98. The van der Waals surface area contributed by atoms with E-state index in [1.54, 1.807) is 6.92 Å². The molecule has 1 fully saturated rings. The highest BCUT2D eigenvalue weighted by Crippen LogP contribution is 2.41. The Labute approximate surface area is 201 Å². The molecule has 0 N–H and O–H groups in total. The van der Waals surface area contributed by atoms with Gasteiger partial charge in [-0.3, -0.25) is 14.5 Å². The van der Waals surface area contributed by atoms with Gasteiger partial charge < -0.3 is 14.1 Å². The summed E-state index contributed by atoms with van der Waals surface area (Å²) in [6, 6.07) is 8.04. The van der Waals surface area contributed by atoms with Crippen LogP contribution in [0, 0.1) is 6.92 Å². The van der Waals surface area contributed by atoms with Crippen molar-refractivity contribution in [2.75, 3.05) is 39.3 Å². The number of carbonyl (C=O) groups excluding carboxylic acids is 2. The van der Waals surface area contributed by atoms with Crippen LogP contribution in [0.1, 0.15) is 38.5 Å². The number of ether oxygens (including phenoxy) is 1. The molecule has 0 spiro atoms. The van der Waals surface area contributed by atoms with Gasteiger partial charge in [-0.1, -0.05) is 18.2 Å². The van der Waals surface area contributed by atoms with E-state index in [9.17, 15) is 9.59 Å². The Balaban J connectivity index is 1.44. The SMILES string of the molecule is CC(=O)N1CCN(CCOC2=CCC(C(C)(C)c3oc4ccccc4c3C)=C(C=O)C=C2)CC1. The molecule has 34 heavy (non-hydrogen) atoms. The lowest BCUT2D eigenvalue weighted by Gasteiger charge is -2.34. The van der Waals surface area contributed by atoms with E-state index in [2.05, 4.69) is 37.8 Å². The van der Waals surface area contributed by atoms with E-state index >= 15 is 0 Å². The van der Waals surface area contributed by atoms with Gasteiger partial charge in [-0.25, -0.2) is 0 Å². The zero-order chi connectivity index (χ0) is 24.3. The van der Waals surface area contributed by atoms with Crippen LogP contribution in [0.15, 0.2) is 63.8 Å². The first kappa shape index (κ1) is 24.0. The molecule has 1 aromatic carbocycles. The molecule has 180 valence electrons. The second kappa shape index (κ2) is 10.0. The second-order valence-electron chi connectivity index (χ2n) is 9.57. The van der Waals surface area contributed by atoms with Crippen molar-refractivity contribution in [3.8, 4) is 0 Å². The zero-order valence-electron chi connectivity index (χ0n) is 20.6. The number of rotatable bonds is 7. The van der Waals surface area contributed by atoms with Crippen molar-refractivity contribution >= 4 is 23.2 Å². The minimum atomic E-state index is -0.452. The summed E-state index contributed by atoms with van der Waals surface area (Å²) in [5.41, 5.74) is 3.20.